The largest absolute Gasteiger partial charge is 0.338 e. The van der Waals surface area contributed by atoms with Gasteiger partial charge < -0.3 is 9.80 Å². The third-order valence-corrected chi connectivity index (χ3v) is 6.53. The molecule has 2 aromatic carbocycles. The molecule has 2 amide bonds. The molecular weight excluding hydrogens is 392 g/mol. The molecule has 0 bridgehead atoms. The van der Waals surface area contributed by atoms with E-state index in [2.05, 4.69) is 6.58 Å². The van der Waals surface area contributed by atoms with Crippen LogP contribution < -0.4 is 0 Å². The Morgan fingerprint density at radius 1 is 1.13 bits per heavy atom. The Bertz CT molecular complexity index is 1040. The van der Waals surface area contributed by atoms with E-state index in [-0.39, 0.29) is 17.7 Å². The van der Waals surface area contributed by atoms with E-state index in [1.807, 2.05) is 69.8 Å². The lowest BCUT2D eigenvalue weighted by Crippen LogP contribution is -2.46. The fourth-order valence-electron chi connectivity index (χ4n) is 4.18. The van der Waals surface area contributed by atoms with Gasteiger partial charge in [0.1, 0.15) is 0 Å². The van der Waals surface area contributed by atoms with Crippen molar-refractivity contribution in [2.75, 3.05) is 19.6 Å². The van der Waals surface area contributed by atoms with E-state index in [0.717, 1.165) is 28.5 Å². The van der Waals surface area contributed by atoms with Crippen LogP contribution >= 0.6 is 11.3 Å². The number of benzene rings is 2. The van der Waals surface area contributed by atoms with Crippen LogP contribution in [-0.4, -0.2) is 41.2 Å². The minimum atomic E-state index is -0.169. The van der Waals surface area contributed by atoms with E-state index in [1.54, 1.807) is 17.4 Å². The van der Waals surface area contributed by atoms with Gasteiger partial charge in [-0.15, -0.1) is 17.9 Å². The second-order valence-corrected chi connectivity index (χ2v) is 8.74. The number of thiophene rings is 1. The summed E-state index contributed by atoms with van der Waals surface area (Å²) in [6, 6.07) is 17.8. The second-order valence-electron chi connectivity index (χ2n) is 7.70. The first kappa shape index (κ1) is 20.4. The number of nitrogens with zero attached hydrogens (tertiary/aromatic N) is 2. The molecule has 1 unspecified atom stereocenters. The molecule has 1 atom stereocenters. The summed E-state index contributed by atoms with van der Waals surface area (Å²) in [5.74, 6) is -0.0471. The summed E-state index contributed by atoms with van der Waals surface area (Å²) < 4.78 is 0. The van der Waals surface area contributed by atoms with Gasteiger partial charge in [0.05, 0.1) is 12.5 Å². The third kappa shape index (κ3) is 4.31. The van der Waals surface area contributed by atoms with Crippen molar-refractivity contribution in [3.63, 3.8) is 0 Å². The van der Waals surface area contributed by atoms with Gasteiger partial charge in [-0.25, -0.2) is 0 Å². The molecule has 0 N–H and O–H groups in total. The van der Waals surface area contributed by atoms with Gasteiger partial charge in [0.2, 0.25) is 5.91 Å². The molecule has 1 aliphatic heterocycles. The predicted octanol–water partition coefficient (Wildman–Crippen LogP) is 4.97. The number of hydrogen-bond donors (Lipinski definition) is 0. The minimum Gasteiger partial charge on any atom is -0.338 e. The lowest BCUT2D eigenvalue weighted by Gasteiger charge is -2.35. The maximum Gasteiger partial charge on any atom is 0.254 e. The van der Waals surface area contributed by atoms with Crippen LogP contribution in [0.3, 0.4) is 0 Å². The van der Waals surface area contributed by atoms with Crippen LogP contribution in [0.15, 0.2) is 72.6 Å². The van der Waals surface area contributed by atoms with Gasteiger partial charge in [-0.05, 0) is 41.1 Å². The zero-order valence-electron chi connectivity index (χ0n) is 17.0. The smallest absolute Gasteiger partial charge is 0.254 e. The number of rotatable bonds is 6. The zero-order chi connectivity index (χ0) is 20.9. The van der Waals surface area contributed by atoms with E-state index < -0.39 is 0 Å². The standard InChI is InChI=1S/C25H26N2O2S/c1-2-14-26(18-21-11-7-16-30-21)24(28)20-10-6-15-27(17-20)25(29)23-13-5-9-19-8-3-4-12-22(19)23/h2-5,7-9,11-13,16,20H,1,6,10,14-15,17-18H2. The van der Waals surface area contributed by atoms with E-state index in [9.17, 15) is 9.59 Å². The molecule has 3 aromatic rings. The molecule has 0 aliphatic carbocycles. The average Bonchev–Trinajstić information content (AvgIpc) is 3.31. The van der Waals surface area contributed by atoms with Crippen LogP contribution in [0.1, 0.15) is 28.1 Å². The second kappa shape index (κ2) is 9.26. The van der Waals surface area contributed by atoms with Crippen LogP contribution in [0.5, 0.6) is 0 Å². The van der Waals surface area contributed by atoms with Gasteiger partial charge in [-0.3, -0.25) is 9.59 Å². The number of carbonyl (C=O) groups is 2. The van der Waals surface area contributed by atoms with Gasteiger partial charge in [0, 0.05) is 30.1 Å². The molecule has 1 fully saturated rings. The molecule has 0 saturated carbocycles. The summed E-state index contributed by atoms with van der Waals surface area (Å²) in [4.78, 5) is 31.5. The van der Waals surface area contributed by atoms with Crippen molar-refractivity contribution in [3.8, 4) is 0 Å². The van der Waals surface area contributed by atoms with E-state index in [1.165, 1.54) is 0 Å². The molecule has 0 radical (unpaired) electrons. The minimum absolute atomic E-state index is 0.0119. The Morgan fingerprint density at radius 2 is 1.97 bits per heavy atom. The molecule has 4 rings (SSSR count). The van der Waals surface area contributed by atoms with Gasteiger partial charge in [-0.1, -0.05) is 48.5 Å². The van der Waals surface area contributed by atoms with Crippen molar-refractivity contribution in [2.24, 2.45) is 5.92 Å². The van der Waals surface area contributed by atoms with Crippen molar-refractivity contribution in [1.82, 2.24) is 9.80 Å². The number of hydrogen-bond acceptors (Lipinski definition) is 3. The van der Waals surface area contributed by atoms with Crippen molar-refractivity contribution >= 4 is 33.9 Å². The monoisotopic (exact) mass is 418 g/mol. The summed E-state index contributed by atoms with van der Waals surface area (Å²) in [6.07, 6.45) is 3.43. The maximum atomic E-state index is 13.3. The summed E-state index contributed by atoms with van der Waals surface area (Å²) >= 11 is 1.65. The van der Waals surface area contributed by atoms with Crippen LogP contribution in [0.4, 0.5) is 0 Å². The normalized spacial score (nSPS) is 16.4. The highest BCUT2D eigenvalue weighted by Crippen LogP contribution is 2.25. The van der Waals surface area contributed by atoms with Crippen molar-refractivity contribution in [1.29, 1.82) is 0 Å². The van der Waals surface area contributed by atoms with Crippen LogP contribution in [0, 0.1) is 5.92 Å². The lowest BCUT2D eigenvalue weighted by atomic mass is 9.95. The molecule has 1 aliphatic rings. The Kier molecular flexibility index (Phi) is 6.29. The van der Waals surface area contributed by atoms with E-state index >= 15 is 0 Å². The molecular formula is C25H26N2O2S. The average molecular weight is 419 g/mol. The SMILES string of the molecule is C=CCN(Cc1cccs1)C(=O)C1CCCN(C(=O)c2cccc3ccccc23)C1. The van der Waals surface area contributed by atoms with Gasteiger partial charge in [-0.2, -0.15) is 0 Å². The molecule has 4 nitrogen and oxygen atoms in total. The summed E-state index contributed by atoms with van der Waals surface area (Å²) in [5.41, 5.74) is 0.711. The fraction of sp³-hybridized carbons (Fsp3) is 0.280. The van der Waals surface area contributed by atoms with Crippen LogP contribution in [-0.2, 0) is 11.3 Å². The number of amides is 2. The zero-order valence-corrected chi connectivity index (χ0v) is 17.8. The van der Waals surface area contributed by atoms with Gasteiger partial charge >= 0.3 is 0 Å². The Morgan fingerprint density at radius 3 is 2.77 bits per heavy atom. The number of fused-ring (bicyclic) bond motifs is 1. The Balaban J connectivity index is 1.51. The summed E-state index contributed by atoms with van der Waals surface area (Å²) in [5, 5.41) is 4.04. The topological polar surface area (TPSA) is 40.6 Å². The highest BCUT2D eigenvalue weighted by molar-refractivity contribution is 7.09. The van der Waals surface area contributed by atoms with Gasteiger partial charge in [0.15, 0.2) is 0 Å². The maximum absolute atomic E-state index is 13.3. The van der Waals surface area contributed by atoms with Gasteiger partial charge in [0.25, 0.3) is 5.91 Å². The highest BCUT2D eigenvalue weighted by atomic mass is 32.1. The van der Waals surface area contributed by atoms with Crippen molar-refractivity contribution in [3.05, 3.63) is 83.1 Å². The molecule has 1 aromatic heterocycles. The Labute approximate surface area is 181 Å². The highest BCUT2D eigenvalue weighted by Gasteiger charge is 2.31. The fourth-order valence-corrected chi connectivity index (χ4v) is 4.90. The first-order chi connectivity index (χ1) is 14.7. The first-order valence-electron chi connectivity index (χ1n) is 10.4. The molecule has 30 heavy (non-hydrogen) atoms. The summed E-state index contributed by atoms with van der Waals surface area (Å²) in [6.45, 7) is 6.09. The molecule has 2 heterocycles. The summed E-state index contributed by atoms with van der Waals surface area (Å²) in [7, 11) is 0. The van der Waals surface area contributed by atoms with Crippen molar-refractivity contribution < 1.29 is 9.59 Å². The molecule has 0 spiro atoms. The van der Waals surface area contributed by atoms with Crippen molar-refractivity contribution in [2.45, 2.75) is 19.4 Å². The molecule has 1 saturated heterocycles. The predicted molar refractivity (Wildman–Crippen MR) is 123 cm³/mol. The van der Waals surface area contributed by atoms with Crippen LogP contribution in [0.2, 0.25) is 0 Å². The molecule has 5 heteroatoms. The third-order valence-electron chi connectivity index (χ3n) is 5.67. The Hall–Kier alpha value is -2.92. The number of carbonyl (C=O) groups excluding carboxylic acids is 2. The van der Waals surface area contributed by atoms with E-state index in [0.29, 0.717) is 31.7 Å². The van der Waals surface area contributed by atoms with E-state index in [4.69, 9.17) is 0 Å². The first-order valence-corrected chi connectivity index (χ1v) is 11.2. The number of likely N-dealkylation sites (tertiary alicyclic amines) is 1. The number of piperidine rings is 1. The van der Waals surface area contributed by atoms with Crippen LogP contribution in [0.25, 0.3) is 10.8 Å². The quantitative estimate of drug-likeness (QED) is 0.531. The lowest BCUT2D eigenvalue weighted by molar-refractivity contribution is -0.137. The molecule has 154 valence electrons.